The second kappa shape index (κ2) is 8.14. The van der Waals surface area contributed by atoms with Crippen molar-refractivity contribution in [2.24, 2.45) is 0 Å². The fraction of sp³-hybridized carbons (Fsp3) is 0.292. The van der Waals surface area contributed by atoms with Crippen LogP contribution in [-0.2, 0) is 0 Å². The van der Waals surface area contributed by atoms with E-state index in [1.807, 2.05) is 60.4 Å². The minimum Gasteiger partial charge on any atom is -0.497 e. The number of nitrogens with zero attached hydrogens (tertiary/aromatic N) is 3. The van der Waals surface area contributed by atoms with E-state index in [4.69, 9.17) is 4.74 Å². The second-order valence-electron chi connectivity index (χ2n) is 7.56. The molecule has 1 aliphatic rings. The average Bonchev–Trinajstić information content (AvgIpc) is 2.78. The predicted octanol–water partition coefficient (Wildman–Crippen LogP) is 3.72. The second-order valence-corrected chi connectivity index (χ2v) is 7.56. The minimum absolute atomic E-state index is 0.0179. The Bertz CT molecular complexity index is 1100. The molecule has 2 heterocycles. The third-order valence-corrected chi connectivity index (χ3v) is 5.65. The van der Waals surface area contributed by atoms with E-state index in [1.54, 1.807) is 14.0 Å². The van der Waals surface area contributed by atoms with E-state index >= 15 is 0 Å². The van der Waals surface area contributed by atoms with Gasteiger partial charge in [-0.2, -0.15) is 0 Å². The van der Waals surface area contributed by atoms with E-state index < -0.39 is 0 Å². The molecule has 1 aromatic heterocycles. The number of piperazine rings is 1. The number of methoxy groups -OCH3 is 1. The number of ketones is 1. The first-order valence-corrected chi connectivity index (χ1v) is 10.1. The van der Waals surface area contributed by atoms with E-state index in [1.165, 1.54) is 0 Å². The summed E-state index contributed by atoms with van der Waals surface area (Å²) >= 11 is 0. The highest BCUT2D eigenvalue weighted by molar-refractivity contribution is 5.99. The molecule has 0 aliphatic carbocycles. The van der Waals surface area contributed by atoms with Gasteiger partial charge in [-0.15, -0.1) is 0 Å². The van der Waals surface area contributed by atoms with Gasteiger partial charge in [0.15, 0.2) is 5.78 Å². The number of pyridine rings is 1. The van der Waals surface area contributed by atoms with Crippen LogP contribution < -0.4 is 9.64 Å². The molecule has 0 bridgehead atoms. The Kier molecular flexibility index (Phi) is 5.40. The van der Waals surface area contributed by atoms with Crippen molar-refractivity contribution < 1.29 is 14.3 Å². The van der Waals surface area contributed by atoms with Crippen molar-refractivity contribution in [1.82, 2.24) is 9.88 Å². The molecule has 1 amide bonds. The third-order valence-electron chi connectivity index (χ3n) is 5.65. The molecular formula is C24H25N3O3. The summed E-state index contributed by atoms with van der Waals surface area (Å²) in [6.45, 7) is 6.24. The number of anilines is 1. The lowest BCUT2D eigenvalue weighted by Crippen LogP contribution is -2.49. The maximum Gasteiger partial charge on any atom is 0.255 e. The molecule has 0 saturated carbocycles. The largest absolute Gasteiger partial charge is 0.497 e. The Morgan fingerprint density at radius 2 is 1.67 bits per heavy atom. The Balaban J connectivity index is 1.47. The molecule has 0 N–H and O–H groups in total. The van der Waals surface area contributed by atoms with Gasteiger partial charge in [-0.05, 0) is 56.3 Å². The topological polar surface area (TPSA) is 62.7 Å². The summed E-state index contributed by atoms with van der Waals surface area (Å²) in [5.41, 5.74) is 3.98. The fourth-order valence-electron chi connectivity index (χ4n) is 3.83. The van der Waals surface area contributed by atoms with Crippen molar-refractivity contribution >= 4 is 28.3 Å². The first-order chi connectivity index (χ1) is 14.5. The van der Waals surface area contributed by atoms with Gasteiger partial charge in [-0.3, -0.25) is 14.6 Å². The van der Waals surface area contributed by atoms with Gasteiger partial charge in [0.1, 0.15) is 5.75 Å². The molecule has 0 spiro atoms. The number of ether oxygens (including phenoxy) is 1. The highest BCUT2D eigenvalue weighted by Crippen LogP contribution is 2.24. The summed E-state index contributed by atoms with van der Waals surface area (Å²) in [7, 11) is 1.63. The molecule has 0 atom stereocenters. The van der Waals surface area contributed by atoms with E-state index in [0.29, 0.717) is 24.2 Å². The van der Waals surface area contributed by atoms with Gasteiger partial charge in [0.05, 0.1) is 23.9 Å². The lowest BCUT2D eigenvalue weighted by molar-refractivity contribution is 0.0745. The summed E-state index contributed by atoms with van der Waals surface area (Å²) in [4.78, 5) is 33.4. The molecule has 3 aromatic rings. The Morgan fingerprint density at radius 1 is 0.967 bits per heavy atom. The van der Waals surface area contributed by atoms with Crippen LogP contribution in [0.4, 0.5) is 5.69 Å². The van der Waals surface area contributed by atoms with Gasteiger partial charge < -0.3 is 14.5 Å². The molecule has 30 heavy (non-hydrogen) atoms. The van der Waals surface area contributed by atoms with Gasteiger partial charge in [0.25, 0.3) is 5.91 Å². The molecular weight excluding hydrogens is 378 g/mol. The minimum atomic E-state index is 0.0179. The van der Waals surface area contributed by atoms with Crippen LogP contribution in [0.1, 0.15) is 33.3 Å². The van der Waals surface area contributed by atoms with Crippen LogP contribution in [0.15, 0.2) is 48.5 Å². The van der Waals surface area contributed by atoms with Crippen LogP contribution in [0.5, 0.6) is 5.75 Å². The molecule has 0 radical (unpaired) electrons. The maximum atomic E-state index is 13.2. The molecule has 6 nitrogen and oxygen atoms in total. The number of benzene rings is 2. The predicted molar refractivity (Wildman–Crippen MR) is 118 cm³/mol. The Morgan fingerprint density at radius 3 is 2.30 bits per heavy atom. The zero-order chi connectivity index (χ0) is 21.3. The van der Waals surface area contributed by atoms with Crippen molar-refractivity contribution in [1.29, 1.82) is 0 Å². The van der Waals surface area contributed by atoms with Crippen molar-refractivity contribution in [3.63, 3.8) is 0 Å². The maximum absolute atomic E-state index is 13.2. The molecule has 154 valence electrons. The molecule has 1 aliphatic heterocycles. The lowest BCUT2D eigenvalue weighted by atomic mass is 10.1. The van der Waals surface area contributed by atoms with Crippen LogP contribution in [-0.4, -0.2) is 54.9 Å². The number of carbonyl (C=O) groups excluding carboxylic acids is 2. The smallest absolute Gasteiger partial charge is 0.255 e. The summed E-state index contributed by atoms with van der Waals surface area (Å²) in [6, 6.07) is 15.3. The molecule has 0 unspecified atom stereocenters. The van der Waals surface area contributed by atoms with Crippen LogP contribution in [0, 0.1) is 6.92 Å². The van der Waals surface area contributed by atoms with Gasteiger partial charge in [-0.25, -0.2) is 0 Å². The standard InChI is InChI=1S/C24H25N3O3/c1-16-22(14-19-6-9-21(30-3)15-23(19)25-16)24(29)27-12-10-26(11-13-27)20-7-4-18(5-8-20)17(2)28/h4-9,14-15H,10-13H2,1-3H3. The lowest BCUT2D eigenvalue weighted by Gasteiger charge is -2.36. The van der Waals surface area contributed by atoms with Crippen LogP contribution >= 0.6 is 0 Å². The number of amides is 1. The zero-order valence-corrected chi connectivity index (χ0v) is 17.5. The summed E-state index contributed by atoms with van der Waals surface area (Å²) in [5.74, 6) is 0.833. The number of aryl methyl sites for hydroxylation is 1. The van der Waals surface area contributed by atoms with Gasteiger partial charge in [-0.1, -0.05) is 0 Å². The van der Waals surface area contributed by atoms with E-state index in [0.717, 1.165) is 41.1 Å². The number of Topliss-reactive ketones (excluding diaryl/α,β-unsaturated/α-hetero) is 1. The molecule has 6 heteroatoms. The number of hydrogen-bond donors (Lipinski definition) is 0. The third kappa shape index (κ3) is 3.85. The van der Waals surface area contributed by atoms with Crippen molar-refractivity contribution in [3.8, 4) is 5.75 Å². The van der Waals surface area contributed by atoms with Crippen molar-refractivity contribution in [3.05, 3.63) is 65.4 Å². The van der Waals surface area contributed by atoms with Crippen LogP contribution in [0.3, 0.4) is 0 Å². The summed E-state index contributed by atoms with van der Waals surface area (Å²) in [6.07, 6.45) is 0. The SMILES string of the molecule is COc1ccc2cc(C(=O)N3CCN(c4ccc(C(C)=O)cc4)CC3)c(C)nc2c1. The number of hydrogen-bond acceptors (Lipinski definition) is 5. The molecule has 1 saturated heterocycles. The number of aromatic nitrogens is 1. The first kappa shape index (κ1) is 19.9. The van der Waals surface area contributed by atoms with E-state index in [9.17, 15) is 9.59 Å². The fourth-order valence-corrected chi connectivity index (χ4v) is 3.83. The Hall–Kier alpha value is -3.41. The van der Waals surface area contributed by atoms with E-state index in [-0.39, 0.29) is 11.7 Å². The normalized spacial score (nSPS) is 14.1. The summed E-state index contributed by atoms with van der Waals surface area (Å²) < 4.78 is 5.26. The first-order valence-electron chi connectivity index (χ1n) is 10.1. The highest BCUT2D eigenvalue weighted by Gasteiger charge is 2.24. The van der Waals surface area contributed by atoms with E-state index in [2.05, 4.69) is 9.88 Å². The summed E-state index contributed by atoms with van der Waals surface area (Å²) in [5, 5.41) is 0.925. The van der Waals surface area contributed by atoms with Crippen molar-refractivity contribution in [2.75, 3.05) is 38.2 Å². The highest BCUT2D eigenvalue weighted by atomic mass is 16.5. The quantitative estimate of drug-likeness (QED) is 0.622. The number of fused-ring (bicyclic) bond motifs is 1. The molecule has 1 fully saturated rings. The number of rotatable bonds is 4. The molecule has 2 aromatic carbocycles. The zero-order valence-electron chi connectivity index (χ0n) is 17.5. The van der Waals surface area contributed by atoms with Gasteiger partial charge in [0, 0.05) is 48.9 Å². The molecule has 4 rings (SSSR count). The van der Waals surface area contributed by atoms with Crippen LogP contribution in [0.25, 0.3) is 10.9 Å². The Labute approximate surface area is 176 Å². The van der Waals surface area contributed by atoms with Crippen LogP contribution in [0.2, 0.25) is 0 Å². The number of carbonyl (C=O) groups is 2. The van der Waals surface area contributed by atoms with Gasteiger partial charge >= 0.3 is 0 Å². The monoisotopic (exact) mass is 403 g/mol. The van der Waals surface area contributed by atoms with Crippen molar-refractivity contribution in [2.45, 2.75) is 13.8 Å². The van der Waals surface area contributed by atoms with Gasteiger partial charge in [0.2, 0.25) is 0 Å². The average molecular weight is 403 g/mol.